The molecule has 110 valence electrons. The Morgan fingerprint density at radius 2 is 2.20 bits per heavy atom. The third kappa shape index (κ3) is 3.92. The van der Waals surface area contributed by atoms with E-state index in [2.05, 4.69) is 31.3 Å². The Balaban J connectivity index is 1.90. The highest BCUT2D eigenvalue weighted by atomic mass is 35.5. The normalized spacial score (nSPS) is 17.9. The van der Waals surface area contributed by atoms with Crippen molar-refractivity contribution in [1.29, 1.82) is 0 Å². The van der Waals surface area contributed by atoms with Gasteiger partial charge in [-0.25, -0.2) is 0 Å². The van der Waals surface area contributed by atoms with Gasteiger partial charge < -0.3 is 5.32 Å². The van der Waals surface area contributed by atoms with Crippen LogP contribution in [0.2, 0.25) is 0 Å². The molecule has 1 atom stereocenters. The second-order valence-corrected chi connectivity index (χ2v) is 7.52. The molecule has 0 spiro atoms. The molecule has 1 N–H and O–H groups in total. The van der Waals surface area contributed by atoms with Gasteiger partial charge in [0, 0.05) is 23.1 Å². The number of amides is 1. The summed E-state index contributed by atoms with van der Waals surface area (Å²) in [6, 6.07) is 8.20. The van der Waals surface area contributed by atoms with Gasteiger partial charge in [-0.1, -0.05) is 32.0 Å². The van der Waals surface area contributed by atoms with Gasteiger partial charge in [0.1, 0.15) is 0 Å². The predicted octanol–water partition coefficient (Wildman–Crippen LogP) is 4.04. The van der Waals surface area contributed by atoms with E-state index in [4.69, 9.17) is 11.6 Å². The average Bonchev–Trinajstić information content (AvgIpc) is 2.87. The van der Waals surface area contributed by atoms with Crippen LogP contribution >= 0.6 is 23.4 Å². The number of carbonyl (C=O) groups excluding carboxylic acids is 1. The highest BCUT2D eigenvalue weighted by molar-refractivity contribution is 7.99. The van der Waals surface area contributed by atoms with Crippen molar-refractivity contribution in [2.24, 2.45) is 5.41 Å². The van der Waals surface area contributed by atoms with Crippen molar-refractivity contribution in [1.82, 2.24) is 5.32 Å². The van der Waals surface area contributed by atoms with E-state index in [1.54, 1.807) is 11.8 Å². The minimum Gasteiger partial charge on any atom is -0.355 e. The number of hydrogen-bond acceptors (Lipinski definition) is 2. The van der Waals surface area contributed by atoms with Crippen LogP contribution in [0.4, 0.5) is 0 Å². The Morgan fingerprint density at radius 1 is 1.45 bits per heavy atom. The number of rotatable bonds is 6. The zero-order valence-electron chi connectivity index (χ0n) is 12.1. The van der Waals surface area contributed by atoms with Crippen molar-refractivity contribution in [2.45, 2.75) is 37.5 Å². The summed E-state index contributed by atoms with van der Waals surface area (Å²) in [6.07, 6.45) is 2.03. The molecule has 1 unspecified atom stereocenters. The smallest absolute Gasteiger partial charge is 0.228 e. The Morgan fingerprint density at radius 3 is 2.95 bits per heavy atom. The molecule has 0 fully saturated rings. The van der Waals surface area contributed by atoms with Gasteiger partial charge >= 0.3 is 0 Å². The first-order valence-electron chi connectivity index (χ1n) is 7.09. The number of carbonyl (C=O) groups is 1. The van der Waals surface area contributed by atoms with Gasteiger partial charge in [-0.3, -0.25) is 4.79 Å². The Labute approximate surface area is 130 Å². The van der Waals surface area contributed by atoms with E-state index in [-0.39, 0.29) is 17.2 Å². The van der Waals surface area contributed by atoms with Crippen molar-refractivity contribution in [3.63, 3.8) is 0 Å². The van der Waals surface area contributed by atoms with Crippen LogP contribution in [-0.2, 0) is 4.79 Å². The first kappa shape index (κ1) is 15.7. The van der Waals surface area contributed by atoms with Gasteiger partial charge in [0.05, 0.1) is 5.92 Å². The molecule has 1 amide bonds. The maximum Gasteiger partial charge on any atom is 0.228 e. The summed E-state index contributed by atoms with van der Waals surface area (Å²) in [4.78, 5) is 13.6. The van der Waals surface area contributed by atoms with Gasteiger partial charge in [0.2, 0.25) is 5.91 Å². The van der Waals surface area contributed by atoms with Crippen LogP contribution in [0.1, 0.15) is 38.2 Å². The third-order valence-corrected chi connectivity index (χ3v) is 5.19. The Hall–Kier alpha value is -0.670. The van der Waals surface area contributed by atoms with Gasteiger partial charge in [-0.2, -0.15) is 0 Å². The summed E-state index contributed by atoms with van der Waals surface area (Å²) < 4.78 is 0. The highest BCUT2D eigenvalue weighted by Gasteiger charge is 2.29. The molecule has 1 aromatic rings. The Kier molecular flexibility index (Phi) is 5.39. The van der Waals surface area contributed by atoms with E-state index in [0.29, 0.717) is 12.4 Å². The molecule has 1 heterocycles. The molecule has 0 saturated carbocycles. The van der Waals surface area contributed by atoms with E-state index >= 15 is 0 Å². The zero-order valence-corrected chi connectivity index (χ0v) is 13.7. The fourth-order valence-electron chi connectivity index (χ4n) is 2.46. The van der Waals surface area contributed by atoms with E-state index < -0.39 is 0 Å². The summed E-state index contributed by atoms with van der Waals surface area (Å²) >= 11 is 7.51. The minimum absolute atomic E-state index is 0.0000250. The molecule has 1 aliphatic rings. The van der Waals surface area contributed by atoms with Crippen molar-refractivity contribution in [2.75, 3.05) is 18.2 Å². The molecule has 2 rings (SSSR count). The van der Waals surface area contributed by atoms with Crippen molar-refractivity contribution in [3.8, 4) is 0 Å². The quantitative estimate of drug-likeness (QED) is 0.803. The standard InChI is InChI=1S/C16H22ClNOS/c1-16(2,8-5-9-17)11-18-15(19)13-10-20-14-7-4-3-6-12(13)14/h3-4,6-7,13H,5,8-11H2,1-2H3,(H,18,19). The summed E-state index contributed by atoms with van der Waals surface area (Å²) in [5.41, 5.74) is 1.28. The lowest BCUT2D eigenvalue weighted by atomic mass is 9.87. The maximum atomic E-state index is 12.4. The summed E-state index contributed by atoms with van der Waals surface area (Å²) in [5.74, 6) is 1.69. The number of halogens is 1. The maximum absolute atomic E-state index is 12.4. The second-order valence-electron chi connectivity index (χ2n) is 6.08. The van der Waals surface area contributed by atoms with Crippen molar-refractivity contribution >= 4 is 29.3 Å². The Bertz CT molecular complexity index is 475. The number of fused-ring (bicyclic) bond motifs is 1. The molecule has 2 nitrogen and oxygen atoms in total. The second kappa shape index (κ2) is 6.86. The molecule has 1 aromatic carbocycles. The van der Waals surface area contributed by atoms with Crippen LogP contribution in [0.5, 0.6) is 0 Å². The first-order chi connectivity index (χ1) is 9.53. The lowest BCUT2D eigenvalue weighted by molar-refractivity contribution is -0.122. The zero-order chi connectivity index (χ0) is 14.6. The van der Waals surface area contributed by atoms with Crippen molar-refractivity contribution in [3.05, 3.63) is 29.8 Å². The number of benzene rings is 1. The van der Waals surface area contributed by atoms with E-state index in [9.17, 15) is 4.79 Å². The SMILES string of the molecule is CC(C)(CCCCl)CNC(=O)C1CSc2ccccc21. The molecule has 1 aliphatic heterocycles. The highest BCUT2D eigenvalue weighted by Crippen LogP contribution is 2.39. The van der Waals surface area contributed by atoms with E-state index in [0.717, 1.165) is 18.6 Å². The molecule has 0 bridgehead atoms. The lowest BCUT2D eigenvalue weighted by Crippen LogP contribution is -2.37. The number of alkyl halides is 1. The molecule has 0 aliphatic carbocycles. The molecule has 20 heavy (non-hydrogen) atoms. The van der Waals surface area contributed by atoms with E-state index in [1.807, 2.05) is 12.1 Å². The van der Waals surface area contributed by atoms with Gasteiger partial charge in [-0.15, -0.1) is 23.4 Å². The summed E-state index contributed by atoms with van der Waals surface area (Å²) in [5, 5.41) is 3.12. The van der Waals surface area contributed by atoms with Gasteiger partial charge in [-0.05, 0) is 29.9 Å². The fourth-order valence-corrected chi connectivity index (χ4v) is 3.83. The number of hydrogen-bond donors (Lipinski definition) is 1. The molecule has 0 aromatic heterocycles. The molecular formula is C16H22ClNOS. The molecule has 0 saturated heterocycles. The number of thioether (sulfide) groups is 1. The van der Waals surface area contributed by atoms with Crippen LogP contribution in [-0.4, -0.2) is 24.1 Å². The molecule has 0 radical (unpaired) electrons. The van der Waals surface area contributed by atoms with Gasteiger partial charge in [0.25, 0.3) is 0 Å². The summed E-state index contributed by atoms with van der Waals surface area (Å²) in [6.45, 7) is 5.07. The van der Waals surface area contributed by atoms with Crippen LogP contribution in [0.3, 0.4) is 0 Å². The van der Waals surface area contributed by atoms with Crippen LogP contribution in [0.25, 0.3) is 0 Å². The predicted molar refractivity (Wildman–Crippen MR) is 86.7 cm³/mol. The summed E-state index contributed by atoms with van der Waals surface area (Å²) in [7, 11) is 0. The van der Waals surface area contributed by atoms with Crippen LogP contribution in [0.15, 0.2) is 29.2 Å². The number of nitrogens with one attached hydrogen (secondary N) is 1. The van der Waals surface area contributed by atoms with Crippen molar-refractivity contribution < 1.29 is 4.79 Å². The third-order valence-electron chi connectivity index (χ3n) is 3.74. The van der Waals surface area contributed by atoms with E-state index in [1.165, 1.54) is 10.5 Å². The average molecular weight is 312 g/mol. The van der Waals surface area contributed by atoms with Gasteiger partial charge in [0.15, 0.2) is 0 Å². The van der Waals surface area contributed by atoms with Crippen LogP contribution < -0.4 is 5.32 Å². The topological polar surface area (TPSA) is 29.1 Å². The molecular weight excluding hydrogens is 290 g/mol. The molecule has 4 heteroatoms. The van der Waals surface area contributed by atoms with Crippen LogP contribution in [0, 0.1) is 5.41 Å². The first-order valence-corrected chi connectivity index (χ1v) is 8.61. The lowest BCUT2D eigenvalue weighted by Gasteiger charge is -2.25. The minimum atomic E-state index is 0.0000250. The fraction of sp³-hybridized carbons (Fsp3) is 0.562. The monoisotopic (exact) mass is 311 g/mol. The largest absolute Gasteiger partial charge is 0.355 e.